The van der Waals surface area contributed by atoms with Crippen LogP contribution in [-0.4, -0.2) is 19.5 Å². The molecule has 0 saturated heterocycles. The third-order valence-corrected chi connectivity index (χ3v) is 5.15. The van der Waals surface area contributed by atoms with Gasteiger partial charge >= 0.3 is 0 Å². The molecule has 0 aliphatic carbocycles. The summed E-state index contributed by atoms with van der Waals surface area (Å²) >= 11 is 0. The molecule has 0 N–H and O–H groups in total. The van der Waals surface area contributed by atoms with E-state index in [-0.39, 0.29) is 0 Å². The third kappa shape index (κ3) is 3.70. The predicted molar refractivity (Wildman–Crippen MR) is 118 cm³/mol. The van der Waals surface area contributed by atoms with Crippen molar-refractivity contribution in [2.24, 2.45) is 0 Å². The van der Waals surface area contributed by atoms with Crippen molar-refractivity contribution in [3.63, 3.8) is 0 Å². The molecule has 2 heterocycles. The Morgan fingerprint density at radius 3 is 1.90 bits per heavy atom. The van der Waals surface area contributed by atoms with Gasteiger partial charge in [-0.1, -0.05) is 58.0 Å². The summed E-state index contributed by atoms with van der Waals surface area (Å²) in [5.41, 5.74) is 5.93. The second-order valence-corrected chi connectivity index (χ2v) is 7.87. The van der Waals surface area contributed by atoms with E-state index >= 15 is 0 Å². The average Bonchev–Trinajstić information content (AvgIpc) is 3.23. The molecular formula is C25H26N4. The zero-order valence-corrected chi connectivity index (χ0v) is 17.4. The van der Waals surface area contributed by atoms with E-state index in [0.717, 1.165) is 22.8 Å². The van der Waals surface area contributed by atoms with Gasteiger partial charge < -0.3 is 0 Å². The van der Waals surface area contributed by atoms with Gasteiger partial charge in [-0.25, -0.2) is 15.0 Å². The van der Waals surface area contributed by atoms with Crippen LogP contribution in [0.3, 0.4) is 0 Å². The van der Waals surface area contributed by atoms with Crippen LogP contribution in [0.25, 0.3) is 28.5 Å². The molecule has 0 bridgehead atoms. The van der Waals surface area contributed by atoms with E-state index < -0.39 is 0 Å². The van der Waals surface area contributed by atoms with Crippen LogP contribution in [-0.2, 0) is 0 Å². The molecule has 0 aliphatic heterocycles. The third-order valence-electron chi connectivity index (χ3n) is 5.15. The number of nitrogens with zero attached hydrogens (tertiary/aromatic N) is 4. The summed E-state index contributed by atoms with van der Waals surface area (Å²) in [6, 6.07) is 16.7. The lowest BCUT2D eigenvalue weighted by Gasteiger charge is -2.23. The maximum Gasteiger partial charge on any atom is 0.159 e. The minimum Gasteiger partial charge on any atom is -0.299 e. The van der Waals surface area contributed by atoms with E-state index in [0.29, 0.717) is 11.8 Å². The summed E-state index contributed by atoms with van der Waals surface area (Å²) in [6.07, 6.45) is 7.53. The van der Waals surface area contributed by atoms with Crippen LogP contribution in [0.1, 0.15) is 50.7 Å². The summed E-state index contributed by atoms with van der Waals surface area (Å²) in [7, 11) is 0. The van der Waals surface area contributed by atoms with Crippen LogP contribution >= 0.6 is 0 Å². The fourth-order valence-electron chi connectivity index (χ4n) is 3.70. The molecule has 0 unspecified atom stereocenters. The Labute approximate surface area is 172 Å². The second kappa shape index (κ2) is 8.00. The monoisotopic (exact) mass is 382 g/mol. The van der Waals surface area contributed by atoms with Gasteiger partial charge in [-0.3, -0.25) is 4.57 Å². The highest BCUT2D eigenvalue weighted by molar-refractivity contribution is 5.68. The molecule has 4 aromatic rings. The molecule has 4 heteroatoms. The lowest BCUT2D eigenvalue weighted by Crippen LogP contribution is -2.09. The Hall–Kier alpha value is -3.27. The van der Waals surface area contributed by atoms with E-state index in [1.54, 1.807) is 12.4 Å². The fraction of sp³-hybridized carbons (Fsp3) is 0.240. The van der Waals surface area contributed by atoms with Crippen molar-refractivity contribution in [2.75, 3.05) is 0 Å². The van der Waals surface area contributed by atoms with Gasteiger partial charge in [0.15, 0.2) is 5.82 Å². The summed E-state index contributed by atoms with van der Waals surface area (Å²) in [5, 5.41) is 0. The normalized spacial score (nSPS) is 11.4. The summed E-state index contributed by atoms with van der Waals surface area (Å²) in [5.74, 6) is 2.41. The molecule has 0 aliphatic rings. The van der Waals surface area contributed by atoms with E-state index in [2.05, 4.69) is 89.8 Å². The van der Waals surface area contributed by atoms with Crippen molar-refractivity contribution in [3.8, 4) is 28.5 Å². The number of aromatic nitrogens is 4. The Kier molecular flexibility index (Phi) is 5.26. The number of benzene rings is 2. The van der Waals surface area contributed by atoms with Gasteiger partial charge in [0.1, 0.15) is 5.82 Å². The van der Waals surface area contributed by atoms with Crippen LogP contribution in [0.4, 0.5) is 0 Å². The van der Waals surface area contributed by atoms with Crippen LogP contribution in [0, 0.1) is 0 Å². The number of hydrogen-bond donors (Lipinski definition) is 0. The predicted octanol–water partition coefficient (Wildman–Crippen LogP) is 6.24. The molecule has 0 amide bonds. The van der Waals surface area contributed by atoms with E-state index in [1.807, 2.05) is 18.3 Å². The van der Waals surface area contributed by atoms with Crippen LogP contribution in [0.5, 0.6) is 0 Å². The molecule has 2 aromatic heterocycles. The fourth-order valence-corrected chi connectivity index (χ4v) is 3.70. The van der Waals surface area contributed by atoms with Crippen molar-refractivity contribution < 1.29 is 0 Å². The molecule has 0 saturated carbocycles. The highest BCUT2D eigenvalue weighted by atomic mass is 15.1. The van der Waals surface area contributed by atoms with Crippen molar-refractivity contribution in [2.45, 2.75) is 39.5 Å². The number of rotatable bonds is 5. The van der Waals surface area contributed by atoms with Gasteiger partial charge in [-0.15, -0.1) is 0 Å². The summed E-state index contributed by atoms with van der Waals surface area (Å²) in [6.45, 7) is 8.94. The van der Waals surface area contributed by atoms with Gasteiger partial charge in [-0.2, -0.15) is 0 Å². The smallest absolute Gasteiger partial charge is 0.159 e. The SMILES string of the molecule is CC(C)c1cc(-c2ncccn2)cc(C(C)C)c1-n1ccnc1-c1ccccc1. The van der Waals surface area contributed by atoms with E-state index in [4.69, 9.17) is 0 Å². The van der Waals surface area contributed by atoms with E-state index in [1.165, 1.54) is 16.8 Å². The van der Waals surface area contributed by atoms with Gasteiger partial charge in [0.2, 0.25) is 0 Å². The summed E-state index contributed by atoms with van der Waals surface area (Å²) in [4.78, 5) is 13.6. The lowest BCUT2D eigenvalue weighted by molar-refractivity contribution is 0.807. The average molecular weight is 383 g/mol. The molecule has 4 nitrogen and oxygen atoms in total. The number of imidazole rings is 1. The first-order chi connectivity index (χ1) is 14.1. The molecule has 0 radical (unpaired) electrons. The van der Waals surface area contributed by atoms with E-state index in [9.17, 15) is 0 Å². The first-order valence-electron chi connectivity index (χ1n) is 10.1. The van der Waals surface area contributed by atoms with Gasteiger partial charge in [0, 0.05) is 35.9 Å². The zero-order valence-electron chi connectivity index (χ0n) is 17.4. The van der Waals surface area contributed by atoms with Crippen molar-refractivity contribution in [1.82, 2.24) is 19.5 Å². The Morgan fingerprint density at radius 2 is 1.31 bits per heavy atom. The second-order valence-electron chi connectivity index (χ2n) is 7.87. The maximum absolute atomic E-state index is 4.68. The van der Waals surface area contributed by atoms with Gasteiger partial charge in [0.25, 0.3) is 0 Å². The van der Waals surface area contributed by atoms with Crippen LogP contribution in [0.15, 0.2) is 73.3 Å². The molecule has 29 heavy (non-hydrogen) atoms. The maximum atomic E-state index is 4.68. The molecule has 4 rings (SSSR count). The molecule has 2 aromatic carbocycles. The Bertz CT molecular complexity index is 1070. The Morgan fingerprint density at radius 1 is 0.690 bits per heavy atom. The van der Waals surface area contributed by atoms with Gasteiger partial charge in [0.05, 0.1) is 5.69 Å². The number of hydrogen-bond acceptors (Lipinski definition) is 3. The summed E-state index contributed by atoms with van der Waals surface area (Å²) < 4.78 is 2.23. The van der Waals surface area contributed by atoms with Crippen LogP contribution in [0.2, 0.25) is 0 Å². The highest BCUT2D eigenvalue weighted by Gasteiger charge is 2.21. The molecular weight excluding hydrogens is 356 g/mol. The standard InChI is InChI=1S/C25H26N4/c1-17(2)21-15-20(24-26-11-8-12-27-24)16-22(18(3)4)23(21)29-14-13-28-25(29)19-9-6-5-7-10-19/h5-18H,1-4H3. The first kappa shape index (κ1) is 19.1. The van der Waals surface area contributed by atoms with Crippen molar-refractivity contribution in [3.05, 3.63) is 84.4 Å². The molecule has 0 spiro atoms. The zero-order chi connectivity index (χ0) is 20.4. The van der Waals surface area contributed by atoms with Crippen LogP contribution < -0.4 is 0 Å². The minimum absolute atomic E-state index is 0.345. The molecule has 146 valence electrons. The Balaban J connectivity index is 1.98. The quantitative estimate of drug-likeness (QED) is 0.410. The highest BCUT2D eigenvalue weighted by Crippen LogP contribution is 2.37. The topological polar surface area (TPSA) is 43.6 Å². The minimum atomic E-state index is 0.345. The lowest BCUT2D eigenvalue weighted by atomic mass is 9.89. The van der Waals surface area contributed by atoms with Crippen molar-refractivity contribution >= 4 is 0 Å². The largest absolute Gasteiger partial charge is 0.299 e. The molecule has 0 atom stereocenters. The van der Waals surface area contributed by atoms with Gasteiger partial charge in [-0.05, 0) is 41.2 Å². The first-order valence-corrected chi connectivity index (χ1v) is 10.1. The molecule has 0 fully saturated rings. The van der Waals surface area contributed by atoms with Crippen molar-refractivity contribution in [1.29, 1.82) is 0 Å².